The summed E-state index contributed by atoms with van der Waals surface area (Å²) in [4.78, 5) is 4.13. The first-order valence-corrected chi connectivity index (χ1v) is 7.30. The van der Waals surface area contributed by atoms with Crippen molar-refractivity contribution in [2.24, 2.45) is 0 Å². The topological polar surface area (TPSA) is 34.1 Å². The van der Waals surface area contributed by atoms with Crippen LogP contribution in [0.2, 0.25) is 0 Å². The Balaban J connectivity index is 1.72. The third-order valence-electron chi connectivity index (χ3n) is 3.06. The fourth-order valence-corrected chi connectivity index (χ4v) is 2.19. The Bertz CT molecular complexity index is 617. The number of benzene rings is 1. The smallest absolute Gasteiger partial charge is 0.165 e. The lowest BCUT2D eigenvalue weighted by atomic mass is 10.2. The second-order valence-electron chi connectivity index (χ2n) is 4.86. The van der Waals surface area contributed by atoms with Crippen LogP contribution in [0.25, 0.3) is 0 Å². The predicted molar refractivity (Wildman–Crippen MR) is 78.3 cm³/mol. The molecule has 0 saturated heterocycles. The van der Waals surface area contributed by atoms with Gasteiger partial charge >= 0.3 is 0 Å². The Morgan fingerprint density at radius 1 is 1.30 bits per heavy atom. The molecule has 1 aliphatic carbocycles. The Labute approximate surface area is 125 Å². The molecule has 1 fully saturated rings. The number of nitrogens with one attached hydrogen (secondary N) is 1. The standard InChI is InChI=1S/C15H14BrFN2O/c16-11-1-4-14(17)15(6-11)20-13-5-10(7-18-9-13)8-19-12-2-3-12/h1,4-7,9,12,19H,2-3,8H2. The summed E-state index contributed by atoms with van der Waals surface area (Å²) in [5, 5.41) is 3.41. The summed E-state index contributed by atoms with van der Waals surface area (Å²) in [5.74, 6) is 0.334. The first kappa shape index (κ1) is 13.5. The second-order valence-corrected chi connectivity index (χ2v) is 5.78. The van der Waals surface area contributed by atoms with Crippen LogP contribution in [-0.2, 0) is 6.54 Å². The molecule has 1 heterocycles. The summed E-state index contributed by atoms with van der Waals surface area (Å²) in [5.41, 5.74) is 1.03. The first-order chi connectivity index (χ1) is 9.70. The van der Waals surface area contributed by atoms with Crippen LogP contribution in [0.4, 0.5) is 4.39 Å². The summed E-state index contributed by atoms with van der Waals surface area (Å²) in [6.07, 6.45) is 5.86. The maximum absolute atomic E-state index is 13.6. The minimum atomic E-state index is -0.394. The van der Waals surface area contributed by atoms with Gasteiger partial charge in [0, 0.05) is 23.3 Å². The lowest BCUT2D eigenvalue weighted by Gasteiger charge is -2.09. The molecule has 1 N–H and O–H groups in total. The number of aromatic nitrogens is 1. The quantitative estimate of drug-likeness (QED) is 0.895. The second kappa shape index (κ2) is 5.89. The average molecular weight is 337 g/mol. The monoisotopic (exact) mass is 336 g/mol. The molecule has 1 aromatic carbocycles. The Kier molecular flexibility index (Phi) is 3.98. The van der Waals surface area contributed by atoms with Gasteiger partial charge in [0.05, 0.1) is 6.20 Å². The van der Waals surface area contributed by atoms with E-state index >= 15 is 0 Å². The Morgan fingerprint density at radius 2 is 2.15 bits per heavy atom. The molecule has 1 aliphatic rings. The molecule has 2 aromatic rings. The zero-order valence-electron chi connectivity index (χ0n) is 10.8. The molecule has 0 amide bonds. The normalized spacial score (nSPS) is 14.3. The van der Waals surface area contributed by atoms with E-state index in [9.17, 15) is 4.39 Å². The van der Waals surface area contributed by atoms with Crippen molar-refractivity contribution in [1.29, 1.82) is 0 Å². The summed E-state index contributed by atoms with van der Waals surface area (Å²) >= 11 is 3.30. The third-order valence-corrected chi connectivity index (χ3v) is 3.56. The van der Waals surface area contributed by atoms with Crippen molar-refractivity contribution >= 4 is 15.9 Å². The highest BCUT2D eigenvalue weighted by Crippen LogP contribution is 2.27. The maximum atomic E-state index is 13.6. The van der Waals surface area contributed by atoms with Crippen LogP contribution in [0.15, 0.2) is 41.1 Å². The van der Waals surface area contributed by atoms with Gasteiger partial charge in [0.1, 0.15) is 5.75 Å². The van der Waals surface area contributed by atoms with Crippen LogP contribution in [0.5, 0.6) is 11.5 Å². The fraction of sp³-hybridized carbons (Fsp3) is 0.267. The van der Waals surface area contributed by atoms with E-state index < -0.39 is 5.82 Å². The molecule has 0 bridgehead atoms. The average Bonchev–Trinajstić information content (AvgIpc) is 3.25. The molecule has 0 unspecified atom stereocenters. The van der Waals surface area contributed by atoms with Crippen molar-refractivity contribution in [3.63, 3.8) is 0 Å². The maximum Gasteiger partial charge on any atom is 0.165 e. The lowest BCUT2D eigenvalue weighted by Crippen LogP contribution is -2.15. The van der Waals surface area contributed by atoms with Gasteiger partial charge in [-0.2, -0.15) is 0 Å². The van der Waals surface area contributed by atoms with E-state index in [0.29, 0.717) is 11.8 Å². The van der Waals surface area contributed by atoms with Gasteiger partial charge in [-0.3, -0.25) is 4.98 Å². The van der Waals surface area contributed by atoms with Crippen molar-refractivity contribution in [2.75, 3.05) is 0 Å². The van der Waals surface area contributed by atoms with Crippen molar-refractivity contribution in [3.8, 4) is 11.5 Å². The van der Waals surface area contributed by atoms with E-state index in [-0.39, 0.29) is 5.75 Å². The molecule has 0 spiro atoms. The number of halogens is 2. The minimum absolute atomic E-state index is 0.188. The van der Waals surface area contributed by atoms with Gasteiger partial charge in [-0.15, -0.1) is 0 Å². The van der Waals surface area contributed by atoms with E-state index in [1.807, 2.05) is 6.07 Å². The van der Waals surface area contributed by atoms with E-state index in [1.54, 1.807) is 24.5 Å². The Morgan fingerprint density at radius 3 is 2.95 bits per heavy atom. The molecule has 0 aliphatic heterocycles. The van der Waals surface area contributed by atoms with Crippen LogP contribution in [0.1, 0.15) is 18.4 Å². The van der Waals surface area contributed by atoms with E-state index in [1.165, 1.54) is 18.9 Å². The number of nitrogens with zero attached hydrogens (tertiary/aromatic N) is 1. The number of rotatable bonds is 5. The van der Waals surface area contributed by atoms with Crippen molar-refractivity contribution in [1.82, 2.24) is 10.3 Å². The van der Waals surface area contributed by atoms with E-state index in [2.05, 4.69) is 26.2 Å². The summed E-state index contributed by atoms with van der Waals surface area (Å²) < 4.78 is 20.0. The molecule has 0 atom stereocenters. The van der Waals surface area contributed by atoms with Crippen LogP contribution < -0.4 is 10.1 Å². The Hall–Kier alpha value is -1.46. The first-order valence-electron chi connectivity index (χ1n) is 6.51. The van der Waals surface area contributed by atoms with Gasteiger partial charge in [-0.1, -0.05) is 15.9 Å². The lowest BCUT2D eigenvalue weighted by molar-refractivity contribution is 0.439. The predicted octanol–water partition coefficient (Wildman–Crippen LogP) is 4.03. The molecule has 20 heavy (non-hydrogen) atoms. The molecule has 1 saturated carbocycles. The minimum Gasteiger partial charge on any atom is -0.453 e. The molecule has 3 nitrogen and oxygen atoms in total. The van der Waals surface area contributed by atoms with Crippen LogP contribution in [-0.4, -0.2) is 11.0 Å². The highest BCUT2D eigenvalue weighted by Gasteiger charge is 2.20. The fourth-order valence-electron chi connectivity index (χ4n) is 1.85. The number of hydrogen-bond acceptors (Lipinski definition) is 3. The molecule has 1 aromatic heterocycles. The molecule has 5 heteroatoms. The molecule has 104 valence electrons. The van der Waals surface area contributed by atoms with Gasteiger partial charge in [-0.25, -0.2) is 4.39 Å². The van der Waals surface area contributed by atoms with E-state index in [4.69, 9.17) is 4.74 Å². The SMILES string of the molecule is Fc1ccc(Br)cc1Oc1cncc(CNC2CC2)c1. The zero-order chi connectivity index (χ0) is 13.9. The van der Waals surface area contributed by atoms with E-state index in [0.717, 1.165) is 16.6 Å². The summed E-state index contributed by atoms with van der Waals surface area (Å²) in [6.45, 7) is 0.760. The zero-order valence-corrected chi connectivity index (χ0v) is 12.4. The summed E-state index contributed by atoms with van der Waals surface area (Å²) in [7, 11) is 0. The number of hydrogen-bond donors (Lipinski definition) is 1. The highest BCUT2D eigenvalue weighted by molar-refractivity contribution is 9.10. The number of ether oxygens (including phenoxy) is 1. The largest absolute Gasteiger partial charge is 0.453 e. The molecule has 3 rings (SSSR count). The van der Waals surface area contributed by atoms with Crippen LogP contribution in [0.3, 0.4) is 0 Å². The van der Waals surface area contributed by atoms with Gasteiger partial charge < -0.3 is 10.1 Å². The molecular formula is C15H14BrFN2O. The van der Waals surface area contributed by atoms with Crippen molar-refractivity contribution in [3.05, 3.63) is 52.5 Å². The number of pyridine rings is 1. The van der Waals surface area contributed by atoms with Crippen molar-refractivity contribution in [2.45, 2.75) is 25.4 Å². The molecule has 0 radical (unpaired) electrons. The molecular weight excluding hydrogens is 323 g/mol. The van der Waals surface area contributed by atoms with Crippen LogP contribution in [0, 0.1) is 5.82 Å². The summed E-state index contributed by atoms with van der Waals surface area (Å²) in [6, 6.07) is 7.12. The van der Waals surface area contributed by atoms with Crippen LogP contribution >= 0.6 is 15.9 Å². The highest BCUT2D eigenvalue weighted by atomic mass is 79.9. The van der Waals surface area contributed by atoms with Gasteiger partial charge in [0.2, 0.25) is 0 Å². The van der Waals surface area contributed by atoms with Crippen molar-refractivity contribution < 1.29 is 9.13 Å². The third kappa shape index (κ3) is 3.55. The van der Waals surface area contributed by atoms with Gasteiger partial charge in [0.25, 0.3) is 0 Å². The van der Waals surface area contributed by atoms with Gasteiger partial charge in [-0.05, 0) is 42.7 Å². The van der Waals surface area contributed by atoms with Gasteiger partial charge in [0.15, 0.2) is 11.6 Å².